The molecule has 0 radical (unpaired) electrons. The Bertz CT molecular complexity index is 1240. The Kier molecular flexibility index (Phi) is 7.26. The van der Waals surface area contributed by atoms with Gasteiger partial charge in [-0.1, -0.05) is 42.5 Å². The predicted molar refractivity (Wildman–Crippen MR) is 117 cm³/mol. The summed E-state index contributed by atoms with van der Waals surface area (Å²) in [7, 11) is 0. The number of rotatable bonds is 7. The first-order valence-corrected chi connectivity index (χ1v) is 9.61. The third-order valence-electron chi connectivity index (χ3n) is 4.32. The third-order valence-corrected chi connectivity index (χ3v) is 4.32. The second-order valence-corrected chi connectivity index (χ2v) is 6.69. The van der Waals surface area contributed by atoms with Crippen molar-refractivity contribution in [3.05, 3.63) is 106 Å². The predicted octanol–water partition coefficient (Wildman–Crippen LogP) is 4.90. The van der Waals surface area contributed by atoms with Crippen LogP contribution >= 0.6 is 0 Å². The smallest absolute Gasteiger partial charge is 0.404 e. The molecule has 0 heterocycles. The number of nitrogens with one attached hydrogen (secondary N) is 2. The van der Waals surface area contributed by atoms with Gasteiger partial charge in [0.2, 0.25) is 0 Å². The number of ether oxygens (including phenoxy) is 1. The molecule has 8 nitrogen and oxygen atoms in total. The van der Waals surface area contributed by atoms with Gasteiger partial charge < -0.3 is 15.4 Å². The van der Waals surface area contributed by atoms with Gasteiger partial charge in [-0.25, -0.2) is 0 Å². The molecule has 3 aromatic rings. The van der Waals surface area contributed by atoms with Crippen LogP contribution < -0.4 is 15.4 Å². The number of hydrogen-bond donors (Lipinski definition) is 2. The Morgan fingerprint density at radius 3 is 2.21 bits per heavy atom. The molecule has 0 spiro atoms. The average molecular weight is 471 g/mol. The first kappa shape index (κ1) is 24.0. The van der Waals surface area contributed by atoms with E-state index in [-0.39, 0.29) is 22.5 Å². The Morgan fingerprint density at radius 1 is 0.912 bits per heavy atom. The fraction of sp³-hybridized carbons (Fsp3) is 0.0435. The average Bonchev–Trinajstić information content (AvgIpc) is 2.79. The molecular weight excluding hydrogens is 455 g/mol. The van der Waals surface area contributed by atoms with Gasteiger partial charge >= 0.3 is 6.36 Å². The van der Waals surface area contributed by atoms with Crippen molar-refractivity contribution < 1.29 is 32.4 Å². The van der Waals surface area contributed by atoms with E-state index in [1.54, 1.807) is 18.2 Å². The molecule has 3 aromatic carbocycles. The van der Waals surface area contributed by atoms with Crippen LogP contribution in [0, 0.1) is 10.1 Å². The molecule has 34 heavy (non-hydrogen) atoms. The Labute approximate surface area is 190 Å². The van der Waals surface area contributed by atoms with Crippen molar-refractivity contribution in [1.82, 2.24) is 5.32 Å². The minimum absolute atomic E-state index is 0.00848. The maximum Gasteiger partial charge on any atom is 0.573 e. The summed E-state index contributed by atoms with van der Waals surface area (Å²) in [4.78, 5) is 36.3. The summed E-state index contributed by atoms with van der Waals surface area (Å²) >= 11 is 0. The van der Waals surface area contributed by atoms with Crippen LogP contribution in [-0.2, 0) is 4.79 Å². The van der Waals surface area contributed by atoms with Gasteiger partial charge in [0.25, 0.3) is 17.5 Å². The number of benzene rings is 3. The molecule has 0 aliphatic rings. The Balaban J connectivity index is 1.98. The molecule has 0 aliphatic heterocycles. The number of nitrogens with zero attached hydrogens (tertiary/aromatic N) is 1. The van der Waals surface area contributed by atoms with Crippen molar-refractivity contribution in [2.45, 2.75) is 6.36 Å². The van der Waals surface area contributed by atoms with Crippen LogP contribution in [0.4, 0.5) is 24.5 Å². The maximum atomic E-state index is 13.0. The third kappa shape index (κ3) is 6.42. The van der Waals surface area contributed by atoms with Crippen LogP contribution in [0.1, 0.15) is 15.9 Å². The number of nitro benzene ring substituents is 1. The van der Waals surface area contributed by atoms with Crippen molar-refractivity contribution in [2.75, 3.05) is 5.32 Å². The van der Waals surface area contributed by atoms with Crippen LogP contribution in [0.15, 0.2) is 84.6 Å². The molecule has 0 fully saturated rings. The van der Waals surface area contributed by atoms with E-state index in [0.29, 0.717) is 0 Å². The first-order valence-electron chi connectivity index (χ1n) is 9.61. The number of nitro groups is 1. The zero-order valence-electron chi connectivity index (χ0n) is 17.2. The molecular formula is C23H16F3N3O5. The monoisotopic (exact) mass is 471 g/mol. The second-order valence-electron chi connectivity index (χ2n) is 6.69. The molecule has 0 saturated heterocycles. The Morgan fingerprint density at radius 2 is 1.53 bits per heavy atom. The summed E-state index contributed by atoms with van der Waals surface area (Å²) in [5, 5.41) is 16.0. The molecule has 2 amide bonds. The van der Waals surface area contributed by atoms with Crippen molar-refractivity contribution in [3.63, 3.8) is 0 Å². The summed E-state index contributed by atoms with van der Waals surface area (Å²) in [6, 6.07) is 18.1. The van der Waals surface area contributed by atoms with Gasteiger partial charge in [0.1, 0.15) is 5.70 Å². The summed E-state index contributed by atoms with van der Waals surface area (Å²) in [5.41, 5.74) is -0.935. The van der Waals surface area contributed by atoms with Gasteiger partial charge in [-0.15, -0.1) is 13.2 Å². The fourth-order valence-electron chi connectivity index (χ4n) is 2.85. The lowest BCUT2D eigenvalue weighted by atomic mass is 10.1. The molecule has 0 unspecified atom stereocenters. The highest BCUT2D eigenvalue weighted by atomic mass is 19.4. The van der Waals surface area contributed by atoms with Gasteiger partial charge in [-0.3, -0.25) is 19.7 Å². The number of para-hydroxylation sites is 3. The molecule has 3 rings (SSSR count). The standard InChI is InChI=1S/C23H16F3N3O5/c24-23(25,26)34-20-13-7-5-11-17(20)27-22(31)18(28-21(30)15-8-2-1-3-9-15)14-16-10-4-6-12-19(16)29(32)33/h1-14H,(H,27,31)(H,28,30). The van der Waals surface area contributed by atoms with E-state index >= 15 is 0 Å². The number of anilines is 1. The number of hydrogen-bond acceptors (Lipinski definition) is 5. The van der Waals surface area contributed by atoms with Crippen LogP contribution in [-0.4, -0.2) is 23.1 Å². The minimum atomic E-state index is -5.01. The van der Waals surface area contributed by atoms with E-state index in [1.807, 2.05) is 0 Å². The summed E-state index contributed by atoms with van der Waals surface area (Å²) in [6.45, 7) is 0. The second kappa shape index (κ2) is 10.3. The molecule has 2 N–H and O–H groups in total. The van der Waals surface area contributed by atoms with Crippen molar-refractivity contribution in [2.24, 2.45) is 0 Å². The van der Waals surface area contributed by atoms with Crippen LogP contribution in [0.2, 0.25) is 0 Å². The van der Waals surface area contributed by atoms with E-state index in [1.165, 1.54) is 54.6 Å². The topological polar surface area (TPSA) is 111 Å². The normalized spacial score (nSPS) is 11.4. The summed E-state index contributed by atoms with van der Waals surface area (Å²) < 4.78 is 42.1. The first-order chi connectivity index (χ1) is 16.1. The zero-order chi connectivity index (χ0) is 24.7. The van der Waals surface area contributed by atoms with Crippen LogP contribution in [0.5, 0.6) is 5.75 Å². The molecule has 0 aliphatic carbocycles. The number of halogens is 3. The molecule has 0 atom stereocenters. The van der Waals surface area contributed by atoms with E-state index in [2.05, 4.69) is 15.4 Å². The lowest BCUT2D eigenvalue weighted by Gasteiger charge is -2.15. The highest BCUT2D eigenvalue weighted by molar-refractivity contribution is 6.11. The highest BCUT2D eigenvalue weighted by Crippen LogP contribution is 2.30. The molecule has 0 aromatic heterocycles. The summed E-state index contributed by atoms with van der Waals surface area (Å²) in [6.07, 6.45) is -3.95. The lowest BCUT2D eigenvalue weighted by molar-refractivity contribution is -0.385. The van der Waals surface area contributed by atoms with Crippen molar-refractivity contribution in [1.29, 1.82) is 0 Å². The van der Waals surface area contributed by atoms with Crippen molar-refractivity contribution in [3.8, 4) is 5.75 Å². The van der Waals surface area contributed by atoms with E-state index in [0.717, 1.165) is 12.1 Å². The SMILES string of the molecule is O=C(Nc1ccccc1OC(F)(F)F)C(=Cc1ccccc1[N+](=O)[O-])NC(=O)c1ccccc1. The van der Waals surface area contributed by atoms with Crippen LogP contribution in [0.3, 0.4) is 0 Å². The molecule has 11 heteroatoms. The van der Waals surface area contributed by atoms with Gasteiger partial charge in [-0.05, 0) is 36.4 Å². The molecule has 174 valence electrons. The number of amides is 2. The number of carbonyl (C=O) groups excluding carboxylic acids is 2. The summed E-state index contributed by atoms with van der Waals surface area (Å²) in [5.74, 6) is -2.41. The van der Waals surface area contributed by atoms with Gasteiger partial charge in [0.15, 0.2) is 5.75 Å². The van der Waals surface area contributed by atoms with E-state index in [9.17, 15) is 32.9 Å². The Hall–Kier alpha value is -4.67. The quantitative estimate of drug-likeness (QED) is 0.289. The largest absolute Gasteiger partial charge is 0.573 e. The van der Waals surface area contributed by atoms with Crippen molar-refractivity contribution >= 4 is 29.3 Å². The van der Waals surface area contributed by atoms with Crippen LogP contribution in [0.25, 0.3) is 6.08 Å². The number of carbonyl (C=O) groups is 2. The maximum absolute atomic E-state index is 13.0. The highest BCUT2D eigenvalue weighted by Gasteiger charge is 2.32. The van der Waals surface area contributed by atoms with E-state index < -0.39 is 34.5 Å². The molecule has 0 bridgehead atoms. The zero-order valence-corrected chi connectivity index (χ0v) is 17.2. The lowest BCUT2D eigenvalue weighted by Crippen LogP contribution is -2.31. The van der Waals surface area contributed by atoms with Gasteiger partial charge in [0.05, 0.1) is 16.2 Å². The molecule has 0 saturated carbocycles. The number of alkyl halides is 3. The van der Waals surface area contributed by atoms with E-state index in [4.69, 9.17) is 0 Å². The van der Waals surface area contributed by atoms with Gasteiger partial charge in [-0.2, -0.15) is 0 Å². The van der Waals surface area contributed by atoms with Gasteiger partial charge in [0, 0.05) is 11.6 Å². The minimum Gasteiger partial charge on any atom is -0.404 e. The fourth-order valence-corrected chi connectivity index (χ4v) is 2.85.